The topological polar surface area (TPSA) is 55.0 Å². The Morgan fingerprint density at radius 2 is 1.84 bits per heavy atom. The van der Waals surface area contributed by atoms with Crippen LogP contribution in [0.2, 0.25) is 5.02 Å². The van der Waals surface area contributed by atoms with Crippen LogP contribution in [0, 0.1) is 5.82 Å². The smallest absolute Gasteiger partial charge is 0.220 e. The van der Waals surface area contributed by atoms with E-state index in [9.17, 15) is 9.18 Å². The summed E-state index contributed by atoms with van der Waals surface area (Å²) in [5.74, 6) is 0.184. The highest BCUT2D eigenvalue weighted by molar-refractivity contribution is 6.30. The van der Waals surface area contributed by atoms with Gasteiger partial charge in [-0.15, -0.1) is 0 Å². The third kappa shape index (κ3) is 2.99. The van der Waals surface area contributed by atoms with Crippen molar-refractivity contribution < 1.29 is 13.5 Å². The number of hydrogen-bond donors (Lipinski definition) is 0. The fourth-order valence-corrected chi connectivity index (χ4v) is 4.47. The molecular weight excluding hydrogens is 431 g/mol. The van der Waals surface area contributed by atoms with Crippen molar-refractivity contribution in [2.75, 3.05) is 0 Å². The number of fused-ring (bicyclic) bond motifs is 4. The number of halogens is 2. The van der Waals surface area contributed by atoms with Crippen LogP contribution in [0.4, 0.5) is 4.39 Å². The number of hydrogen-bond acceptors (Lipinski definition) is 5. The molecule has 0 saturated carbocycles. The van der Waals surface area contributed by atoms with E-state index in [1.54, 1.807) is 5.01 Å². The molecule has 2 aliphatic rings. The van der Waals surface area contributed by atoms with Gasteiger partial charge < -0.3 is 9.15 Å². The van der Waals surface area contributed by atoms with Gasteiger partial charge in [-0.2, -0.15) is 5.10 Å². The van der Waals surface area contributed by atoms with Crippen LogP contribution >= 0.6 is 11.6 Å². The molecule has 0 spiro atoms. The third-order valence-corrected chi connectivity index (χ3v) is 6.16. The molecule has 0 bridgehead atoms. The molecule has 0 radical (unpaired) electrons. The lowest BCUT2D eigenvalue weighted by atomic mass is 9.96. The van der Waals surface area contributed by atoms with E-state index in [-0.39, 0.29) is 22.4 Å². The van der Waals surface area contributed by atoms with Crippen molar-refractivity contribution in [2.45, 2.75) is 18.7 Å². The molecule has 0 amide bonds. The molecule has 0 N–H and O–H groups in total. The van der Waals surface area contributed by atoms with Gasteiger partial charge in [-0.1, -0.05) is 41.9 Å². The molecule has 5 nitrogen and oxygen atoms in total. The second-order valence-electron chi connectivity index (χ2n) is 7.82. The molecule has 2 atom stereocenters. The maximum atomic E-state index is 13.8. The van der Waals surface area contributed by atoms with Gasteiger partial charge >= 0.3 is 0 Å². The number of nitrogens with zero attached hydrogens (tertiary/aromatic N) is 2. The van der Waals surface area contributed by atoms with Crippen LogP contribution < -0.4 is 10.2 Å². The Hall–Kier alpha value is -3.64. The van der Waals surface area contributed by atoms with Crippen LogP contribution in [0.25, 0.3) is 11.0 Å². The van der Waals surface area contributed by atoms with Crippen molar-refractivity contribution in [2.24, 2.45) is 5.10 Å². The van der Waals surface area contributed by atoms with Crippen molar-refractivity contribution in [1.82, 2.24) is 5.01 Å². The van der Waals surface area contributed by atoms with E-state index >= 15 is 0 Å². The van der Waals surface area contributed by atoms with Gasteiger partial charge in [-0.05, 0) is 42.0 Å². The number of para-hydroxylation sites is 1. The third-order valence-electron chi connectivity index (χ3n) is 5.90. The second-order valence-corrected chi connectivity index (χ2v) is 8.26. The maximum Gasteiger partial charge on any atom is 0.220 e. The highest BCUT2D eigenvalue weighted by Gasteiger charge is 2.42. The monoisotopic (exact) mass is 446 g/mol. The van der Waals surface area contributed by atoms with Gasteiger partial charge in [0.25, 0.3) is 0 Å². The maximum absolute atomic E-state index is 13.8. The summed E-state index contributed by atoms with van der Waals surface area (Å²) in [6.07, 6.45) is 1.23. The molecular formula is C25H16ClFN2O3. The Kier molecular flexibility index (Phi) is 4.30. The summed E-state index contributed by atoms with van der Waals surface area (Å²) in [4.78, 5) is 13.3. The lowest BCUT2D eigenvalue weighted by Crippen LogP contribution is -2.36. The number of benzene rings is 3. The first-order valence-corrected chi connectivity index (χ1v) is 10.5. The quantitative estimate of drug-likeness (QED) is 0.389. The molecule has 2 aliphatic heterocycles. The van der Waals surface area contributed by atoms with Crippen LogP contribution in [0.15, 0.2) is 87.3 Å². The van der Waals surface area contributed by atoms with Crippen molar-refractivity contribution in [3.05, 3.63) is 111 Å². The van der Waals surface area contributed by atoms with E-state index in [4.69, 9.17) is 25.9 Å². The molecule has 0 saturated heterocycles. The molecule has 3 aromatic carbocycles. The summed E-state index contributed by atoms with van der Waals surface area (Å²) in [6, 6.07) is 19.0. The van der Waals surface area contributed by atoms with E-state index in [0.717, 1.165) is 16.8 Å². The van der Waals surface area contributed by atoms with E-state index in [1.165, 1.54) is 24.5 Å². The summed E-state index contributed by atoms with van der Waals surface area (Å²) < 4.78 is 25.7. The lowest BCUT2D eigenvalue weighted by Gasteiger charge is -2.37. The Morgan fingerprint density at radius 3 is 2.69 bits per heavy atom. The molecule has 0 aliphatic carbocycles. The lowest BCUT2D eigenvalue weighted by molar-refractivity contribution is -0.0205. The summed E-state index contributed by atoms with van der Waals surface area (Å²) in [7, 11) is 0. The number of ether oxygens (including phenoxy) is 1. The van der Waals surface area contributed by atoms with Gasteiger partial charge in [-0.3, -0.25) is 4.79 Å². The number of hydrazone groups is 1. The Morgan fingerprint density at radius 1 is 1.03 bits per heavy atom. The SMILES string of the molecule is O=c1c([C@@H]2Oc3ccccc3[C@H]3CC(c4ccc(Cl)cc4)=NN32)coc2ccc(F)cc12. The molecule has 0 fully saturated rings. The fourth-order valence-electron chi connectivity index (χ4n) is 4.34. The van der Waals surface area contributed by atoms with E-state index in [2.05, 4.69) is 0 Å². The van der Waals surface area contributed by atoms with Gasteiger partial charge in [-0.25, -0.2) is 9.40 Å². The van der Waals surface area contributed by atoms with Crippen molar-refractivity contribution in [3.8, 4) is 5.75 Å². The van der Waals surface area contributed by atoms with Gasteiger partial charge in [0.15, 0.2) is 0 Å². The average molecular weight is 447 g/mol. The van der Waals surface area contributed by atoms with Crippen molar-refractivity contribution in [1.29, 1.82) is 0 Å². The molecule has 7 heteroatoms. The summed E-state index contributed by atoms with van der Waals surface area (Å²) >= 11 is 6.04. The minimum atomic E-state index is -0.802. The van der Waals surface area contributed by atoms with E-state index in [1.807, 2.05) is 48.5 Å². The predicted octanol–water partition coefficient (Wildman–Crippen LogP) is 5.83. The van der Waals surface area contributed by atoms with Crippen LogP contribution in [0.5, 0.6) is 5.75 Å². The standard InChI is InChI=1S/C25H16ClFN2O3/c26-15-7-5-14(6-8-15)20-12-21-17-3-1-2-4-23(17)32-25(29(21)28-20)19-13-31-22-10-9-16(27)11-18(22)24(19)30/h1-11,13,21,25H,12H2/t21-,25+/m1/s1. The minimum Gasteiger partial charge on any atom is -0.464 e. The van der Waals surface area contributed by atoms with Gasteiger partial charge in [0, 0.05) is 17.0 Å². The summed E-state index contributed by atoms with van der Waals surface area (Å²) in [6.45, 7) is 0. The second kappa shape index (κ2) is 7.21. The predicted molar refractivity (Wildman–Crippen MR) is 119 cm³/mol. The number of rotatable bonds is 2. The largest absolute Gasteiger partial charge is 0.464 e. The minimum absolute atomic E-state index is 0.113. The Bertz CT molecular complexity index is 1450. The van der Waals surface area contributed by atoms with E-state index in [0.29, 0.717) is 22.8 Å². The Balaban J connectivity index is 1.50. The summed E-state index contributed by atoms with van der Waals surface area (Å²) in [5.41, 5.74) is 3.06. The van der Waals surface area contributed by atoms with Crippen molar-refractivity contribution in [3.63, 3.8) is 0 Å². The molecule has 158 valence electrons. The summed E-state index contributed by atoms with van der Waals surface area (Å²) in [5, 5.41) is 7.45. The molecule has 6 rings (SSSR count). The molecule has 3 heterocycles. The zero-order valence-electron chi connectivity index (χ0n) is 16.7. The highest BCUT2D eigenvalue weighted by Crippen LogP contribution is 2.47. The zero-order valence-corrected chi connectivity index (χ0v) is 17.4. The molecule has 0 unspecified atom stereocenters. The van der Waals surface area contributed by atoms with Gasteiger partial charge in [0.2, 0.25) is 11.7 Å². The van der Waals surface area contributed by atoms with E-state index < -0.39 is 12.0 Å². The Labute approximate surface area is 187 Å². The van der Waals surface area contributed by atoms with Crippen LogP contribution in [0.3, 0.4) is 0 Å². The first-order valence-electron chi connectivity index (χ1n) is 10.2. The van der Waals surface area contributed by atoms with Crippen molar-refractivity contribution >= 4 is 28.3 Å². The molecule has 1 aromatic heterocycles. The highest BCUT2D eigenvalue weighted by atomic mass is 35.5. The fraction of sp³-hybridized carbons (Fsp3) is 0.120. The van der Waals surface area contributed by atoms with Crippen LogP contribution in [0.1, 0.15) is 35.4 Å². The van der Waals surface area contributed by atoms with Crippen LogP contribution in [-0.4, -0.2) is 10.7 Å². The first kappa shape index (κ1) is 19.1. The molecule has 32 heavy (non-hydrogen) atoms. The van der Waals surface area contributed by atoms with Gasteiger partial charge in [0.1, 0.15) is 23.4 Å². The zero-order chi connectivity index (χ0) is 21.8. The van der Waals surface area contributed by atoms with Crippen LogP contribution in [-0.2, 0) is 0 Å². The normalized spacial score (nSPS) is 19.3. The molecule has 4 aromatic rings. The van der Waals surface area contributed by atoms with Gasteiger partial charge in [0.05, 0.1) is 22.7 Å². The first-order chi connectivity index (χ1) is 15.6. The average Bonchev–Trinajstić information content (AvgIpc) is 3.26.